The van der Waals surface area contributed by atoms with E-state index in [1.807, 2.05) is 17.8 Å². The number of aromatic nitrogens is 2. The largest absolute Gasteiger partial charge is 0.462 e. The highest BCUT2D eigenvalue weighted by atomic mass is 31.2. The molecule has 1 saturated heterocycles. The van der Waals surface area contributed by atoms with Crippen molar-refractivity contribution in [1.29, 1.82) is 0 Å². The molecule has 2 heterocycles. The number of aromatic amines is 1. The number of carbonyl (C=O) groups is 1. The van der Waals surface area contributed by atoms with Crippen molar-refractivity contribution in [2.75, 3.05) is 6.61 Å². The van der Waals surface area contributed by atoms with E-state index < -0.39 is 61.7 Å². The molecular formula is C24H30N3O10P. The monoisotopic (exact) mass is 551 g/mol. The number of rotatable bonds is 11. The molecule has 0 bridgehead atoms. The first-order chi connectivity index (χ1) is 17.9. The van der Waals surface area contributed by atoms with Gasteiger partial charge in [-0.15, -0.1) is 6.42 Å². The van der Waals surface area contributed by atoms with Gasteiger partial charge in [0.1, 0.15) is 24.0 Å². The second-order valence-corrected chi connectivity index (χ2v) is 10.4. The number of aliphatic hydroxyl groups is 2. The first-order valence-corrected chi connectivity index (χ1v) is 13.3. The standard InChI is InChI=1S/C24H30N3O10P/c1-5-15(3)35-21(30)16(4)26-38(33,37-17-10-8-7-9-11-17)34-14-18-20(29)24(32,6-2)22(36-18)27-13-12-19(28)25-23(27)31/h2,7-13,15-16,18,20,22,29,32H,5,14H2,1,3-4H3,(H,26,33)(H,25,28,31). The van der Waals surface area contributed by atoms with E-state index in [0.717, 1.165) is 16.8 Å². The maximum absolute atomic E-state index is 13.7. The van der Waals surface area contributed by atoms with Gasteiger partial charge in [0.2, 0.25) is 0 Å². The van der Waals surface area contributed by atoms with Gasteiger partial charge in [-0.1, -0.05) is 31.0 Å². The molecule has 14 heteroatoms. The third-order valence-electron chi connectivity index (χ3n) is 5.79. The van der Waals surface area contributed by atoms with Crippen LogP contribution in [0.2, 0.25) is 0 Å². The molecule has 0 saturated carbocycles. The Bertz CT molecular complexity index is 1320. The topological polar surface area (TPSA) is 178 Å². The predicted octanol–water partition coefficient (Wildman–Crippen LogP) is 0.683. The van der Waals surface area contributed by atoms with Gasteiger partial charge in [0, 0.05) is 12.3 Å². The fourth-order valence-corrected chi connectivity index (χ4v) is 5.01. The fourth-order valence-electron chi connectivity index (χ4n) is 3.51. The van der Waals surface area contributed by atoms with Crippen molar-refractivity contribution in [2.45, 2.75) is 63.4 Å². The lowest BCUT2D eigenvalue weighted by Gasteiger charge is -2.26. The zero-order chi connectivity index (χ0) is 28.1. The van der Waals surface area contributed by atoms with E-state index in [4.69, 9.17) is 24.9 Å². The van der Waals surface area contributed by atoms with E-state index in [2.05, 4.69) is 5.09 Å². The Hall–Kier alpha value is -3.24. The lowest BCUT2D eigenvalue weighted by molar-refractivity contribution is -0.150. The van der Waals surface area contributed by atoms with Crippen LogP contribution in [-0.4, -0.2) is 62.3 Å². The summed E-state index contributed by atoms with van der Waals surface area (Å²) < 4.78 is 36.5. The zero-order valence-electron chi connectivity index (χ0n) is 21.0. The molecule has 7 unspecified atom stereocenters. The molecule has 13 nitrogen and oxygen atoms in total. The first-order valence-electron chi connectivity index (χ1n) is 11.7. The summed E-state index contributed by atoms with van der Waals surface area (Å²) in [6, 6.07) is 7.87. The van der Waals surface area contributed by atoms with E-state index in [1.165, 1.54) is 19.1 Å². The number of ether oxygens (including phenoxy) is 2. The summed E-state index contributed by atoms with van der Waals surface area (Å²) >= 11 is 0. The van der Waals surface area contributed by atoms with Crippen molar-refractivity contribution in [3.63, 3.8) is 0 Å². The smallest absolute Gasteiger partial charge is 0.459 e. The van der Waals surface area contributed by atoms with Gasteiger partial charge in [-0.2, -0.15) is 5.09 Å². The van der Waals surface area contributed by atoms with Crippen LogP contribution in [-0.2, 0) is 23.4 Å². The minimum Gasteiger partial charge on any atom is -0.462 e. The Kier molecular flexibility index (Phi) is 9.32. The van der Waals surface area contributed by atoms with Crippen molar-refractivity contribution in [1.82, 2.24) is 14.6 Å². The van der Waals surface area contributed by atoms with Crippen molar-refractivity contribution in [2.24, 2.45) is 0 Å². The molecule has 1 aliphatic rings. The molecule has 0 spiro atoms. The van der Waals surface area contributed by atoms with Gasteiger partial charge in [0.25, 0.3) is 5.56 Å². The molecule has 3 rings (SSSR count). The number of para-hydroxylation sites is 1. The highest BCUT2D eigenvalue weighted by Crippen LogP contribution is 2.46. The highest BCUT2D eigenvalue weighted by Gasteiger charge is 2.56. The molecule has 0 radical (unpaired) electrons. The van der Waals surface area contributed by atoms with E-state index in [9.17, 15) is 29.2 Å². The van der Waals surface area contributed by atoms with Gasteiger partial charge >= 0.3 is 19.4 Å². The third kappa shape index (κ3) is 6.60. The summed E-state index contributed by atoms with van der Waals surface area (Å²) in [5, 5.41) is 24.2. The molecule has 2 aromatic rings. The number of terminal acetylenes is 1. The van der Waals surface area contributed by atoms with Crippen LogP contribution in [0.4, 0.5) is 0 Å². The van der Waals surface area contributed by atoms with Crippen molar-refractivity contribution < 1.29 is 38.1 Å². The van der Waals surface area contributed by atoms with Gasteiger partial charge in [-0.25, -0.2) is 9.36 Å². The number of nitrogens with zero attached hydrogens (tertiary/aromatic N) is 1. The van der Waals surface area contributed by atoms with Crippen LogP contribution in [0.15, 0.2) is 52.2 Å². The minimum absolute atomic E-state index is 0.150. The predicted molar refractivity (Wildman–Crippen MR) is 134 cm³/mol. The number of esters is 1. The molecule has 1 aromatic carbocycles. The van der Waals surface area contributed by atoms with Crippen LogP contribution in [0, 0.1) is 12.3 Å². The Labute approximate surface area is 218 Å². The maximum Gasteiger partial charge on any atom is 0.459 e. The fraction of sp³-hybridized carbons (Fsp3) is 0.458. The quantitative estimate of drug-likeness (QED) is 0.175. The number of hydrogen-bond acceptors (Lipinski definition) is 10. The van der Waals surface area contributed by atoms with Gasteiger partial charge < -0.3 is 24.2 Å². The maximum atomic E-state index is 13.7. The van der Waals surface area contributed by atoms with E-state index in [-0.39, 0.29) is 11.9 Å². The summed E-state index contributed by atoms with van der Waals surface area (Å²) in [5.41, 5.74) is -4.06. The van der Waals surface area contributed by atoms with Crippen LogP contribution in [0.5, 0.6) is 5.75 Å². The second-order valence-electron chi connectivity index (χ2n) is 8.66. The van der Waals surface area contributed by atoms with Crippen LogP contribution in [0.1, 0.15) is 33.4 Å². The zero-order valence-corrected chi connectivity index (χ0v) is 21.9. The molecule has 1 aromatic heterocycles. The average Bonchev–Trinajstić information content (AvgIpc) is 3.13. The molecule has 4 N–H and O–H groups in total. The lowest BCUT2D eigenvalue weighted by atomic mass is 9.95. The van der Waals surface area contributed by atoms with Crippen molar-refractivity contribution in [3.05, 3.63) is 63.4 Å². The summed E-state index contributed by atoms with van der Waals surface area (Å²) in [7, 11) is -4.33. The highest BCUT2D eigenvalue weighted by molar-refractivity contribution is 7.52. The van der Waals surface area contributed by atoms with E-state index in [1.54, 1.807) is 25.1 Å². The molecule has 206 valence electrons. The van der Waals surface area contributed by atoms with Gasteiger partial charge in [-0.05, 0) is 32.4 Å². The van der Waals surface area contributed by atoms with Gasteiger partial charge in [0.15, 0.2) is 11.8 Å². The molecule has 38 heavy (non-hydrogen) atoms. The SMILES string of the molecule is C#CC1(O)C(O)C(COP(=O)(NC(C)C(=O)OC(C)CC)Oc2ccccc2)OC1n1ccc(=O)[nH]c1=O. The molecule has 1 fully saturated rings. The molecule has 0 aliphatic carbocycles. The lowest BCUT2D eigenvalue weighted by Crippen LogP contribution is -2.48. The average molecular weight is 551 g/mol. The van der Waals surface area contributed by atoms with Crippen molar-refractivity contribution >= 4 is 13.7 Å². The summed E-state index contributed by atoms with van der Waals surface area (Å²) in [6.45, 7) is 4.30. The van der Waals surface area contributed by atoms with Gasteiger partial charge in [-0.3, -0.25) is 23.7 Å². The van der Waals surface area contributed by atoms with E-state index >= 15 is 0 Å². The Morgan fingerprint density at radius 3 is 2.61 bits per heavy atom. The van der Waals surface area contributed by atoms with Crippen molar-refractivity contribution in [3.8, 4) is 18.1 Å². The Morgan fingerprint density at radius 2 is 2.00 bits per heavy atom. The molecule has 7 atom stereocenters. The number of H-pyrrole nitrogens is 1. The third-order valence-corrected chi connectivity index (χ3v) is 7.44. The summed E-state index contributed by atoms with van der Waals surface area (Å²) in [6.07, 6.45) is 1.85. The van der Waals surface area contributed by atoms with Gasteiger partial charge in [0.05, 0.1) is 12.7 Å². The Balaban J connectivity index is 1.83. The number of benzene rings is 1. The number of aliphatic hydroxyl groups excluding tert-OH is 1. The number of nitrogens with one attached hydrogen (secondary N) is 2. The minimum atomic E-state index is -4.33. The summed E-state index contributed by atoms with van der Waals surface area (Å²) in [5.74, 6) is 1.47. The van der Waals surface area contributed by atoms with Crippen LogP contribution in [0.25, 0.3) is 0 Å². The first kappa shape index (κ1) is 29.3. The number of hydrogen-bond donors (Lipinski definition) is 4. The number of carbonyl (C=O) groups excluding carboxylic acids is 1. The van der Waals surface area contributed by atoms with Crippen LogP contribution >= 0.6 is 7.75 Å². The molecular weight excluding hydrogens is 521 g/mol. The molecule has 0 amide bonds. The molecule has 1 aliphatic heterocycles. The van der Waals surface area contributed by atoms with Crippen LogP contribution < -0.4 is 20.9 Å². The summed E-state index contributed by atoms with van der Waals surface area (Å²) in [4.78, 5) is 38.1. The van der Waals surface area contributed by atoms with E-state index in [0.29, 0.717) is 6.42 Å². The Morgan fingerprint density at radius 1 is 1.32 bits per heavy atom. The normalized spacial score (nSPS) is 26.1. The second kappa shape index (κ2) is 12.1. The van der Waals surface area contributed by atoms with Crippen LogP contribution in [0.3, 0.4) is 0 Å².